The van der Waals surface area contributed by atoms with Gasteiger partial charge in [0, 0.05) is 6.54 Å². The number of hydrogen-bond acceptors (Lipinski definition) is 6. The van der Waals surface area contributed by atoms with Gasteiger partial charge in [-0.25, -0.2) is 4.79 Å². The number of ether oxygens (including phenoxy) is 4. The highest BCUT2D eigenvalue weighted by atomic mass is 16.6. The van der Waals surface area contributed by atoms with Crippen LogP contribution in [0.3, 0.4) is 0 Å². The molecule has 0 saturated carbocycles. The summed E-state index contributed by atoms with van der Waals surface area (Å²) in [6.45, 7) is 8.18. The molecule has 0 unspecified atom stereocenters. The van der Waals surface area contributed by atoms with Crippen LogP contribution in [0.5, 0.6) is 5.75 Å². The zero-order valence-corrected chi connectivity index (χ0v) is 19.7. The molecule has 0 fully saturated rings. The lowest BCUT2D eigenvalue weighted by Gasteiger charge is -2.19. The van der Waals surface area contributed by atoms with Crippen molar-refractivity contribution < 1.29 is 28.8 Å². The lowest BCUT2D eigenvalue weighted by atomic mass is 10.1. The van der Waals surface area contributed by atoms with Crippen LogP contribution < -0.4 is 10.1 Å². The molecule has 2 N–H and O–H groups in total. The lowest BCUT2D eigenvalue weighted by molar-refractivity contribution is 0.0247. The van der Waals surface area contributed by atoms with E-state index in [1.54, 1.807) is 0 Å². The molecular weight excluding hydrogens is 422 g/mol. The number of hydrogen-bond donors (Lipinski definition) is 2. The Morgan fingerprint density at radius 1 is 0.848 bits per heavy atom. The summed E-state index contributed by atoms with van der Waals surface area (Å²) in [6, 6.07) is 15.8. The summed E-state index contributed by atoms with van der Waals surface area (Å²) in [6.07, 6.45) is 3.65. The fourth-order valence-corrected chi connectivity index (χ4v) is 2.71. The Morgan fingerprint density at radius 2 is 1.39 bits per heavy atom. The molecule has 7 nitrogen and oxygen atoms in total. The molecule has 0 aliphatic carbocycles. The number of amides is 1. The monoisotopic (exact) mass is 457 g/mol. The molecule has 33 heavy (non-hydrogen) atoms. The van der Waals surface area contributed by atoms with Gasteiger partial charge in [-0.15, -0.1) is 0 Å². The molecule has 0 heterocycles. The molecule has 0 aliphatic heterocycles. The number of carbonyl (C=O) groups is 1. The van der Waals surface area contributed by atoms with Crippen molar-refractivity contribution in [2.45, 2.75) is 32.9 Å². The molecule has 0 aromatic heterocycles. The lowest BCUT2D eigenvalue weighted by Crippen LogP contribution is -2.32. The van der Waals surface area contributed by atoms with E-state index in [9.17, 15) is 4.79 Å². The number of carbonyl (C=O) groups excluding carboxylic acids is 1. The normalized spacial score (nSPS) is 11.5. The van der Waals surface area contributed by atoms with Gasteiger partial charge in [0.15, 0.2) is 0 Å². The van der Waals surface area contributed by atoms with Crippen LogP contribution in [0, 0.1) is 0 Å². The van der Waals surface area contributed by atoms with Gasteiger partial charge in [-0.2, -0.15) is 0 Å². The van der Waals surface area contributed by atoms with Crippen LogP contribution in [0.4, 0.5) is 4.79 Å². The van der Waals surface area contributed by atoms with Crippen molar-refractivity contribution in [3.8, 4) is 5.75 Å². The quantitative estimate of drug-likeness (QED) is 0.345. The van der Waals surface area contributed by atoms with Gasteiger partial charge in [-0.1, -0.05) is 48.6 Å². The second-order valence-electron chi connectivity index (χ2n) is 8.30. The van der Waals surface area contributed by atoms with Crippen LogP contribution >= 0.6 is 0 Å². The molecule has 0 saturated heterocycles. The number of aliphatic hydroxyl groups is 1. The molecule has 0 atom stereocenters. The van der Waals surface area contributed by atoms with Gasteiger partial charge in [0.25, 0.3) is 0 Å². The average molecular weight is 458 g/mol. The maximum atomic E-state index is 11.7. The minimum absolute atomic E-state index is 0.0235. The third-order valence-electron chi connectivity index (χ3n) is 4.27. The molecule has 2 rings (SSSR count). The molecule has 7 heteroatoms. The number of rotatable bonds is 13. The van der Waals surface area contributed by atoms with Gasteiger partial charge in [-0.05, 0) is 49.6 Å². The van der Waals surface area contributed by atoms with E-state index in [2.05, 4.69) is 5.32 Å². The van der Waals surface area contributed by atoms with Crippen LogP contribution in [0.2, 0.25) is 0 Å². The molecule has 2 aromatic rings. The van der Waals surface area contributed by atoms with Crippen molar-refractivity contribution in [1.82, 2.24) is 5.32 Å². The molecule has 1 amide bonds. The van der Waals surface area contributed by atoms with E-state index in [1.807, 2.05) is 81.5 Å². The number of nitrogens with one attached hydrogen (secondary N) is 1. The highest BCUT2D eigenvalue weighted by Gasteiger charge is 2.15. The molecular formula is C26H35NO6. The summed E-state index contributed by atoms with van der Waals surface area (Å²) >= 11 is 0. The third-order valence-corrected chi connectivity index (χ3v) is 4.27. The molecule has 180 valence electrons. The zero-order valence-electron chi connectivity index (χ0n) is 19.7. The summed E-state index contributed by atoms with van der Waals surface area (Å²) in [7, 11) is 0. The summed E-state index contributed by atoms with van der Waals surface area (Å²) in [4.78, 5) is 11.7. The van der Waals surface area contributed by atoms with Crippen LogP contribution in [0.1, 0.15) is 37.5 Å². The van der Waals surface area contributed by atoms with Gasteiger partial charge < -0.3 is 29.4 Å². The maximum absolute atomic E-state index is 11.7. The molecule has 0 spiro atoms. The highest BCUT2D eigenvalue weighted by molar-refractivity contribution is 5.70. The van der Waals surface area contributed by atoms with Gasteiger partial charge in [0.05, 0.1) is 33.0 Å². The minimum atomic E-state index is -0.506. The first-order chi connectivity index (χ1) is 15.9. The Balaban J connectivity index is 1.70. The second-order valence-corrected chi connectivity index (χ2v) is 8.30. The van der Waals surface area contributed by atoms with Gasteiger partial charge in [0.1, 0.15) is 18.0 Å². The van der Waals surface area contributed by atoms with E-state index in [4.69, 9.17) is 24.1 Å². The van der Waals surface area contributed by atoms with Crippen LogP contribution in [-0.4, -0.2) is 56.4 Å². The van der Waals surface area contributed by atoms with Crippen LogP contribution in [-0.2, 0) is 20.8 Å². The van der Waals surface area contributed by atoms with Crippen molar-refractivity contribution in [1.29, 1.82) is 0 Å². The van der Waals surface area contributed by atoms with Gasteiger partial charge >= 0.3 is 6.09 Å². The topological polar surface area (TPSA) is 86.3 Å². The predicted octanol–water partition coefficient (Wildman–Crippen LogP) is 4.29. The fourth-order valence-electron chi connectivity index (χ4n) is 2.71. The maximum Gasteiger partial charge on any atom is 0.407 e. The molecule has 0 bridgehead atoms. The van der Waals surface area contributed by atoms with Gasteiger partial charge in [0.2, 0.25) is 0 Å². The van der Waals surface area contributed by atoms with Crippen molar-refractivity contribution in [3.63, 3.8) is 0 Å². The molecule has 0 aliphatic rings. The van der Waals surface area contributed by atoms with E-state index >= 15 is 0 Å². The van der Waals surface area contributed by atoms with E-state index in [-0.39, 0.29) is 6.61 Å². The van der Waals surface area contributed by atoms with E-state index in [1.165, 1.54) is 0 Å². The highest BCUT2D eigenvalue weighted by Crippen LogP contribution is 2.15. The third kappa shape index (κ3) is 12.1. The van der Waals surface area contributed by atoms with E-state index in [0.29, 0.717) is 39.6 Å². The Kier molecular flexibility index (Phi) is 11.4. The smallest absolute Gasteiger partial charge is 0.407 e. The SMILES string of the molecule is CC(C)(C)OC(=O)NCc1ccc(/C=C/c2ccc(OCCOCCOCCO)cc2)cc1. The Morgan fingerprint density at radius 3 is 1.97 bits per heavy atom. The summed E-state index contributed by atoms with van der Waals surface area (Å²) in [5.74, 6) is 0.786. The largest absolute Gasteiger partial charge is 0.491 e. The zero-order chi connectivity index (χ0) is 23.9. The molecule has 2 aromatic carbocycles. The summed E-state index contributed by atoms with van der Waals surface area (Å²) in [5.41, 5.74) is 2.63. The number of alkyl carbamates (subject to hydrolysis) is 1. The Hall–Kier alpha value is -2.87. The van der Waals surface area contributed by atoms with E-state index < -0.39 is 11.7 Å². The van der Waals surface area contributed by atoms with Crippen molar-refractivity contribution in [2.75, 3.05) is 39.6 Å². The van der Waals surface area contributed by atoms with Crippen LogP contribution in [0.15, 0.2) is 48.5 Å². The summed E-state index contributed by atoms with van der Waals surface area (Å²) in [5, 5.41) is 11.4. The van der Waals surface area contributed by atoms with Crippen LogP contribution in [0.25, 0.3) is 12.2 Å². The summed E-state index contributed by atoms with van der Waals surface area (Å²) < 4.78 is 21.4. The predicted molar refractivity (Wildman–Crippen MR) is 129 cm³/mol. The molecule has 0 radical (unpaired) electrons. The van der Waals surface area contributed by atoms with Crippen molar-refractivity contribution >= 4 is 18.2 Å². The second kappa shape index (κ2) is 14.3. The number of benzene rings is 2. The van der Waals surface area contributed by atoms with Crippen molar-refractivity contribution in [2.24, 2.45) is 0 Å². The average Bonchev–Trinajstić information content (AvgIpc) is 2.78. The van der Waals surface area contributed by atoms with Crippen molar-refractivity contribution in [3.05, 3.63) is 65.2 Å². The standard InChI is InChI=1S/C26H35NO6/c1-26(2,3)33-25(29)27-20-23-8-6-21(7-9-23)4-5-22-10-12-24(13-11-22)32-19-18-31-17-16-30-15-14-28/h4-13,28H,14-20H2,1-3H3,(H,27,29)/b5-4+. The first kappa shape index (κ1) is 26.4. The Labute approximate surface area is 196 Å². The van der Waals surface area contributed by atoms with Gasteiger partial charge in [-0.3, -0.25) is 0 Å². The number of aliphatic hydroxyl groups excluding tert-OH is 1. The van der Waals surface area contributed by atoms with E-state index in [0.717, 1.165) is 22.4 Å². The minimum Gasteiger partial charge on any atom is -0.491 e. The Bertz CT molecular complexity index is 841. The first-order valence-corrected chi connectivity index (χ1v) is 11.1. The first-order valence-electron chi connectivity index (χ1n) is 11.1. The fraction of sp³-hybridized carbons (Fsp3) is 0.423.